The molecule has 0 spiro atoms. The number of anilines is 1. The lowest BCUT2D eigenvalue weighted by atomic mass is 10.1. The third-order valence-corrected chi connectivity index (χ3v) is 7.81. The van der Waals surface area contributed by atoms with Gasteiger partial charge in [0.2, 0.25) is 0 Å². The van der Waals surface area contributed by atoms with Gasteiger partial charge < -0.3 is 20.4 Å². The van der Waals surface area contributed by atoms with E-state index in [-0.39, 0.29) is 29.1 Å². The molecule has 0 aliphatic carbocycles. The largest absolute Gasteiger partial charge is 0.416 e. The van der Waals surface area contributed by atoms with Crippen molar-refractivity contribution in [2.24, 2.45) is 4.99 Å². The Morgan fingerprint density at radius 1 is 1.26 bits per heavy atom. The Hall–Kier alpha value is -2.86. The van der Waals surface area contributed by atoms with Crippen molar-refractivity contribution >= 4 is 52.4 Å². The van der Waals surface area contributed by atoms with Crippen LogP contribution in [0.1, 0.15) is 29.2 Å². The van der Waals surface area contributed by atoms with Crippen molar-refractivity contribution < 1.29 is 22.7 Å². The first kappa shape index (κ1) is 29.1. The van der Waals surface area contributed by atoms with E-state index in [0.29, 0.717) is 33.5 Å². The second-order valence-corrected chi connectivity index (χ2v) is 10.7. The first-order valence-electron chi connectivity index (χ1n) is 12.3. The van der Waals surface area contributed by atoms with E-state index in [4.69, 9.17) is 21.7 Å². The Labute approximate surface area is 234 Å². The summed E-state index contributed by atoms with van der Waals surface area (Å²) in [4.78, 5) is 21.9. The summed E-state index contributed by atoms with van der Waals surface area (Å²) in [7, 11) is 1.69. The summed E-state index contributed by atoms with van der Waals surface area (Å²) in [5.41, 5.74) is 0.896. The number of amides is 1. The van der Waals surface area contributed by atoms with Gasteiger partial charge in [0, 0.05) is 68.4 Å². The van der Waals surface area contributed by atoms with Gasteiger partial charge in [-0.25, -0.2) is 0 Å². The molecule has 0 radical (unpaired) electrons. The number of halogens is 4. The number of piperazine rings is 1. The van der Waals surface area contributed by atoms with Gasteiger partial charge in [0.25, 0.3) is 5.91 Å². The van der Waals surface area contributed by atoms with Gasteiger partial charge in [-0.3, -0.25) is 9.69 Å². The Morgan fingerprint density at radius 2 is 2.05 bits per heavy atom. The summed E-state index contributed by atoms with van der Waals surface area (Å²) in [6, 6.07) is 8.98. The van der Waals surface area contributed by atoms with Gasteiger partial charge in [0.15, 0.2) is 5.17 Å². The SMILES string of the molecule is COCCN1CCN(C2=NC(=O)/C(=C/c3ccc(NCc4ccc(Cl)cc4C(F)(F)F)c(C=N)c3)S2)[C@H](C)C1. The molecule has 1 amide bonds. The topological polar surface area (TPSA) is 81.0 Å². The molecule has 1 atom stereocenters. The molecular formula is C27H29ClF3N5O2S. The maximum Gasteiger partial charge on any atom is 0.416 e. The van der Waals surface area contributed by atoms with Crippen LogP contribution in [-0.2, 0) is 22.3 Å². The lowest BCUT2D eigenvalue weighted by Crippen LogP contribution is -2.53. The zero-order valence-electron chi connectivity index (χ0n) is 21.5. The molecule has 208 valence electrons. The zero-order chi connectivity index (χ0) is 28.2. The number of thioether (sulfide) groups is 1. The van der Waals surface area contributed by atoms with Crippen molar-refractivity contribution in [3.05, 3.63) is 68.6 Å². The van der Waals surface area contributed by atoms with Crippen LogP contribution in [0, 0.1) is 5.41 Å². The van der Waals surface area contributed by atoms with E-state index in [2.05, 4.69) is 27.0 Å². The molecule has 2 N–H and O–H groups in total. The van der Waals surface area contributed by atoms with Crippen molar-refractivity contribution in [2.75, 3.05) is 45.2 Å². The summed E-state index contributed by atoms with van der Waals surface area (Å²) >= 11 is 7.10. The molecule has 7 nitrogen and oxygen atoms in total. The van der Waals surface area contributed by atoms with E-state index in [1.165, 1.54) is 23.9 Å². The van der Waals surface area contributed by atoms with Crippen molar-refractivity contribution in [3.8, 4) is 0 Å². The molecule has 0 aromatic heterocycles. The minimum absolute atomic E-state index is 0.00825. The number of carbonyl (C=O) groups is 1. The van der Waals surface area contributed by atoms with Crippen LogP contribution in [0.3, 0.4) is 0 Å². The average Bonchev–Trinajstić information content (AvgIpc) is 3.25. The molecule has 1 fully saturated rings. The fourth-order valence-electron chi connectivity index (χ4n) is 4.52. The van der Waals surface area contributed by atoms with Crippen LogP contribution in [0.5, 0.6) is 0 Å². The third-order valence-electron chi connectivity index (χ3n) is 6.55. The minimum atomic E-state index is -4.54. The number of aliphatic imine (C=N–C) groups is 1. The lowest BCUT2D eigenvalue weighted by molar-refractivity contribution is -0.138. The molecule has 4 rings (SSSR count). The van der Waals surface area contributed by atoms with Crippen molar-refractivity contribution in [1.82, 2.24) is 9.80 Å². The molecule has 2 aliphatic heterocycles. The van der Waals surface area contributed by atoms with Crippen LogP contribution < -0.4 is 5.32 Å². The Bertz CT molecular complexity index is 1300. The molecular weight excluding hydrogens is 551 g/mol. The van der Waals surface area contributed by atoms with Gasteiger partial charge >= 0.3 is 6.18 Å². The normalized spacial score (nSPS) is 19.5. The monoisotopic (exact) mass is 579 g/mol. The van der Waals surface area contributed by atoms with Crippen molar-refractivity contribution in [2.45, 2.75) is 25.7 Å². The van der Waals surface area contributed by atoms with Crippen LogP contribution in [0.25, 0.3) is 6.08 Å². The number of methoxy groups -OCH3 is 1. The average molecular weight is 580 g/mol. The molecule has 0 saturated carbocycles. The highest BCUT2D eigenvalue weighted by molar-refractivity contribution is 8.18. The predicted octanol–water partition coefficient (Wildman–Crippen LogP) is 5.59. The van der Waals surface area contributed by atoms with Crippen LogP contribution in [0.2, 0.25) is 5.02 Å². The summed E-state index contributed by atoms with van der Waals surface area (Å²) in [6.07, 6.45) is -1.70. The molecule has 0 bridgehead atoms. The van der Waals surface area contributed by atoms with Gasteiger partial charge in [-0.1, -0.05) is 23.7 Å². The lowest BCUT2D eigenvalue weighted by Gasteiger charge is -2.40. The number of ether oxygens (including phenoxy) is 1. The quantitative estimate of drug-likeness (QED) is 0.313. The second-order valence-electron chi connectivity index (χ2n) is 9.29. The van der Waals surface area contributed by atoms with Crippen LogP contribution in [-0.4, -0.2) is 73.0 Å². The van der Waals surface area contributed by atoms with Crippen molar-refractivity contribution in [3.63, 3.8) is 0 Å². The fourth-order valence-corrected chi connectivity index (χ4v) is 5.74. The Balaban J connectivity index is 1.44. The molecule has 39 heavy (non-hydrogen) atoms. The third kappa shape index (κ3) is 7.21. The summed E-state index contributed by atoms with van der Waals surface area (Å²) in [5.74, 6) is -0.315. The Morgan fingerprint density at radius 3 is 2.74 bits per heavy atom. The maximum atomic E-state index is 13.4. The maximum absolute atomic E-state index is 13.4. The highest BCUT2D eigenvalue weighted by Gasteiger charge is 2.34. The Kier molecular flexibility index (Phi) is 9.37. The first-order valence-corrected chi connectivity index (χ1v) is 13.5. The van der Waals surface area contributed by atoms with E-state index < -0.39 is 11.7 Å². The van der Waals surface area contributed by atoms with Crippen molar-refractivity contribution in [1.29, 1.82) is 5.41 Å². The van der Waals surface area contributed by atoms with E-state index in [0.717, 1.165) is 38.5 Å². The van der Waals surface area contributed by atoms with E-state index in [1.807, 2.05) is 0 Å². The number of nitrogens with zero attached hydrogens (tertiary/aromatic N) is 3. The molecule has 2 aliphatic rings. The van der Waals surface area contributed by atoms with Gasteiger partial charge in [-0.15, -0.1) is 0 Å². The highest BCUT2D eigenvalue weighted by atomic mass is 35.5. The number of amidine groups is 1. The molecule has 2 aromatic carbocycles. The van der Waals surface area contributed by atoms with Crippen LogP contribution in [0.15, 0.2) is 46.3 Å². The first-order chi connectivity index (χ1) is 18.6. The summed E-state index contributed by atoms with van der Waals surface area (Å²) in [5, 5.41) is 11.5. The number of hydrogen-bond acceptors (Lipinski definition) is 7. The number of alkyl halides is 3. The molecule has 12 heteroatoms. The number of hydrogen-bond donors (Lipinski definition) is 2. The van der Waals surface area contributed by atoms with Gasteiger partial charge in [-0.05, 0) is 60.2 Å². The van der Waals surface area contributed by atoms with Gasteiger partial charge in [-0.2, -0.15) is 18.2 Å². The number of carbonyl (C=O) groups excluding carboxylic acids is 1. The zero-order valence-corrected chi connectivity index (χ0v) is 23.1. The summed E-state index contributed by atoms with van der Waals surface area (Å²) < 4.78 is 45.5. The second kappa shape index (κ2) is 12.5. The van der Waals surface area contributed by atoms with E-state index >= 15 is 0 Å². The number of rotatable bonds is 8. The molecule has 2 heterocycles. The van der Waals surface area contributed by atoms with Crippen LogP contribution in [0.4, 0.5) is 18.9 Å². The van der Waals surface area contributed by atoms with Gasteiger partial charge in [0.1, 0.15) is 0 Å². The minimum Gasteiger partial charge on any atom is -0.383 e. The smallest absolute Gasteiger partial charge is 0.383 e. The van der Waals surface area contributed by atoms with Crippen LogP contribution >= 0.6 is 23.4 Å². The molecule has 2 aromatic rings. The number of benzene rings is 2. The number of nitrogens with one attached hydrogen (secondary N) is 2. The van der Waals surface area contributed by atoms with E-state index in [9.17, 15) is 18.0 Å². The predicted molar refractivity (Wildman–Crippen MR) is 151 cm³/mol. The standard InChI is InChI=1S/C27H29ClF3N5O2S/c1-17-16-35(9-10-38-2)7-8-36(17)26-34-25(37)24(39-26)12-18-3-6-23(20(11-18)14-32)33-15-19-4-5-21(28)13-22(19)27(29,30)31/h3-6,11-14,17,32-33H,7-10,15-16H2,1-2H3/b24-12-,32-14?/t17-/m1/s1. The highest BCUT2D eigenvalue weighted by Crippen LogP contribution is 2.35. The summed E-state index contributed by atoms with van der Waals surface area (Å²) in [6.45, 7) is 6.02. The van der Waals surface area contributed by atoms with E-state index in [1.54, 1.807) is 31.4 Å². The molecule has 0 unspecified atom stereocenters. The fraction of sp³-hybridized carbons (Fsp3) is 0.370. The van der Waals surface area contributed by atoms with Gasteiger partial charge in [0.05, 0.1) is 17.1 Å². The molecule has 1 saturated heterocycles.